The van der Waals surface area contributed by atoms with Crippen LogP contribution >= 0.6 is 0 Å². The molecule has 2 aromatic rings. The Morgan fingerprint density at radius 3 is 1.30 bits per heavy atom. The molecule has 2 fully saturated rings. The summed E-state index contributed by atoms with van der Waals surface area (Å²) in [6.07, 6.45) is 13.4. The Balaban J connectivity index is 1.13. The summed E-state index contributed by atoms with van der Waals surface area (Å²) in [6.45, 7) is 18.4. The molecule has 4 nitrogen and oxygen atoms in total. The molecule has 0 bridgehead atoms. The number of hydrogen-bond acceptors (Lipinski definition) is 2. The Morgan fingerprint density at radius 1 is 0.652 bits per heavy atom. The quantitative estimate of drug-likeness (QED) is 0.244. The van der Waals surface area contributed by atoms with Crippen molar-refractivity contribution in [2.24, 2.45) is 17.8 Å². The van der Waals surface area contributed by atoms with E-state index in [0.29, 0.717) is 17.8 Å². The minimum absolute atomic E-state index is 0.0664. The minimum Gasteiger partial charge on any atom is -0.339 e. The number of aryl methyl sites for hydroxylation is 4. The van der Waals surface area contributed by atoms with Gasteiger partial charge in [0.1, 0.15) is 0 Å². The third-order valence-corrected chi connectivity index (χ3v) is 10.2. The monoisotopic (exact) mass is 616 g/mol. The van der Waals surface area contributed by atoms with Gasteiger partial charge < -0.3 is 9.80 Å². The van der Waals surface area contributed by atoms with Crippen molar-refractivity contribution in [3.8, 4) is 23.7 Å². The summed E-state index contributed by atoms with van der Waals surface area (Å²) in [4.78, 5) is 29.4. The summed E-state index contributed by atoms with van der Waals surface area (Å²) in [5, 5.41) is 0. The van der Waals surface area contributed by atoms with E-state index < -0.39 is 0 Å². The van der Waals surface area contributed by atoms with Crippen LogP contribution in [0, 0.1) is 83.0 Å². The van der Waals surface area contributed by atoms with E-state index in [0.717, 1.165) is 63.0 Å². The molecule has 2 saturated heterocycles. The first-order chi connectivity index (χ1) is 22.0. The number of benzene rings is 2. The third-order valence-electron chi connectivity index (χ3n) is 10.2. The maximum absolute atomic E-state index is 12.7. The highest BCUT2D eigenvalue weighted by molar-refractivity contribution is 5.88. The second-order valence-electron chi connectivity index (χ2n) is 13.8. The molecule has 0 saturated carbocycles. The fourth-order valence-corrected chi connectivity index (χ4v) is 6.91. The molecule has 2 aliphatic heterocycles. The maximum Gasteiger partial charge on any atom is 0.247 e. The molecule has 46 heavy (non-hydrogen) atoms. The summed E-state index contributed by atoms with van der Waals surface area (Å²) >= 11 is 0. The number of amides is 2. The molecule has 0 aliphatic carbocycles. The number of hydrogen-bond donors (Lipinski definition) is 0. The van der Waals surface area contributed by atoms with Gasteiger partial charge >= 0.3 is 0 Å². The number of rotatable bonds is 6. The van der Waals surface area contributed by atoms with Crippen molar-refractivity contribution in [3.63, 3.8) is 0 Å². The molecule has 0 unspecified atom stereocenters. The molecule has 0 N–H and O–H groups in total. The van der Waals surface area contributed by atoms with Crippen LogP contribution in [0.15, 0.2) is 48.6 Å². The van der Waals surface area contributed by atoms with Crippen LogP contribution in [0.5, 0.6) is 0 Å². The van der Waals surface area contributed by atoms with E-state index in [1.54, 1.807) is 24.3 Å². The van der Waals surface area contributed by atoms with E-state index in [4.69, 9.17) is 0 Å². The lowest BCUT2D eigenvalue weighted by Crippen LogP contribution is -2.38. The molecule has 0 spiro atoms. The highest BCUT2D eigenvalue weighted by Gasteiger charge is 2.26. The fourth-order valence-electron chi connectivity index (χ4n) is 6.91. The number of carbonyl (C=O) groups excluding carboxylic acids is 2. The van der Waals surface area contributed by atoms with Gasteiger partial charge in [-0.1, -0.05) is 30.6 Å². The molecule has 2 heterocycles. The average Bonchev–Trinajstić information content (AvgIpc) is 3.03. The van der Waals surface area contributed by atoms with Gasteiger partial charge in [0.25, 0.3) is 0 Å². The lowest BCUT2D eigenvalue weighted by atomic mass is 9.81. The Kier molecular flexibility index (Phi) is 12.5. The first kappa shape index (κ1) is 34.8. The SMILES string of the molecule is Cc1cc(C#C/C=C/C(=O)N2CCC(CC(C)CC3CCN(C(=O)/C=C/C#Cc4cc(C)c(C)c(C)c4)CC3)CC2)cc(C)c1C. The van der Waals surface area contributed by atoms with Crippen molar-refractivity contribution in [2.75, 3.05) is 26.2 Å². The van der Waals surface area contributed by atoms with Gasteiger partial charge in [0, 0.05) is 49.5 Å². The van der Waals surface area contributed by atoms with Gasteiger partial charge in [-0.2, -0.15) is 0 Å². The van der Waals surface area contributed by atoms with Crippen LogP contribution < -0.4 is 0 Å². The van der Waals surface area contributed by atoms with Gasteiger partial charge in [0.05, 0.1) is 0 Å². The lowest BCUT2D eigenvalue weighted by Gasteiger charge is -2.35. The van der Waals surface area contributed by atoms with Crippen LogP contribution in [0.25, 0.3) is 0 Å². The van der Waals surface area contributed by atoms with Gasteiger partial charge in [0.15, 0.2) is 0 Å². The van der Waals surface area contributed by atoms with Crippen molar-refractivity contribution in [1.29, 1.82) is 0 Å². The summed E-state index contributed by atoms with van der Waals surface area (Å²) < 4.78 is 0. The second-order valence-corrected chi connectivity index (χ2v) is 13.8. The van der Waals surface area contributed by atoms with Crippen molar-refractivity contribution < 1.29 is 9.59 Å². The molecule has 2 aromatic carbocycles. The Labute approximate surface area is 278 Å². The molecular weight excluding hydrogens is 564 g/mol. The predicted molar refractivity (Wildman–Crippen MR) is 190 cm³/mol. The van der Waals surface area contributed by atoms with E-state index in [2.05, 4.69) is 96.4 Å². The zero-order valence-corrected chi connectivity index (χ0v) is 29.1. The number of piperidine rings is 2. The summed E-state index contributed by atoms with van der Waals surface area (Å²) in [6, 6.07) is 8.41. The van der Waals surface area contributed by atoms with Crippen molar-refractivity contribution in [2.45, 2.75) is 87.0 Å². The van der Waals surface area contributed by atoms with Crippen molar-refractivity contribution >= 4 is 11.8 Å². The molecule has 2 aliphatic rings. The molecule has 4 heteroatoms. The molecule has 2 amide bonds. The van der Waals surface area contributed by atoms with Crippen molar-refractivity contribution in [3.05, 3.63) is 93.1 Å². The Hall–Kier alpha value is -4.02. The average molecular weight is 617 g/mol. The Bertz CT molecular complexity index is 1420. The maximum atomic E-state index is 12.7. The number of carbonyl (C=O) groups is 2. The number of nitrogens with zero attached hydrogens (tertiary/aromatic N) is 2. The zero-order valence-electron chi connectivity index (χ0n) is 29.1. The summed E-state index contributed by atoms with van der Waals surface area (Å²) in [5.74, 6) is 14.6. The zero-order chi connectivity index (χ0) is 33.2. The smallest absolute Gasteiger partial charge is 0.247 e. The lowest BCUT2D eigenvalue weighted by molar-refractivity contribution is -0.128. The first-order valence-electron chi connectivity index (χ1n) is 17.1. The number of likely N-dealkylation sites (tertiary alicyclic amines) is 2. The molecule has 242 valence electrons. The van der Waals surface area contributed by atoms with Crippen LogP contribution in [0.2, 0.25) is 0 Å². The largest absolute Gasteiger partial charge is 0.339 e. The molecule has 0 atom stereocenters. The van der Waals surface area contributed by atoms with Crippen molar-refractivity contribution in [1.82, 2.24) is 9.80 Å². The molecule has 0 radical (unpaired) electrons. The van der Waals surface area contributed by atoms with Gasteiger partial charge in [0.2, 0.25) is 11.8 Å². The fraction of sp³-hybridized carbons (Fsp3) is 0.476. The van der Waals surface area contributed by atoms with Gasteiger partial charge in [-0.3, -0.25) is 9.59 Å². The molecule has 4 rings (SSSR count). The highest BCUT2D eigenvalue weighted by Crippen LogP contribution is 2.31. The van der Waals surface area contributed by atoms with Crippen LogP contribution in [0.4, 0.5) is 0 Å². The van der Waals surface area contributed by atoms with E-state index >= 15 is 0 Å². The van der Waals surface area contributed by atoms with E-state index in [-0.39, 0.29) is 11.8 Å². The third kappa shape index (κ3) is 9.99. The summed E-state index contributed by atoms with van der Waals surface area (Å²) in [5.41, 5.74) is 9.56. The Morgan fingerprint density at radius 2 is 0.978 bits per heavy atom. The normalized spacial score (nSPS) is 16.1. The minimum atomic E-state index is 0.0664. The summed E-state index contributed by atoms with van der Waals surface area (Å²) in [7, 11) is 0. The van der Waals surface area contributed by atoms with Crippen LogP contribution in [0.1, 0.15) is 90.0 Å². The second kappa shape index (κ2) is 16.5. The van der Waals surface area contributed by atoms with Crippen LogP contribution in [-0.4, -0.2) is 47.8 Å². The first-order valence-corrected chi connectivity index (χ1v) is 17.1. The van der Waals surface area contributed by atoms with Crippen LogP contribution in [-0.2, 0) is 9.59 Å². The van der Waals surface area contributed by atoms with E-state index in [1.807, 2.05) is 9.80 Å². The highest BCUT2D eigenvalue weighted by atomic mass is 16.2. The standard InChI is InChI=1S/C42H52N2O2/c1-30(24-37-16-20-43(21-17-37)41(45)14-10-8-12-39-26-31(2)35(6)32(3)27-39)25-38-18-22-44(23-19-38)42(46)15-11-9-13-40-28-33(4)36(7)34(5)29-40/h10-11,14-15,26-30,37-38H,16-25H2,1-7H3/b14-10+,15-11+. The van der Waals surface area contributed by atoms with Gasteiger partial charge in [-0.15, -0.1) is 0 Å². The van der Waals surface area contributed by atoms with Gasteiger partial charge in [-0.25, -0.2) is 0 Å². The van der Waals surface area contributed by atoms with Gasteiger partial charge in [-0.05, 0) is 168 Å². The van der Waals surface area contributed by atoms with E-state index in [9.17, 15) is 9.59 Å². The van der Waals surface area contributed by atoms with E-state index in [1.165, 1.54) is 46.2 Å². The molecular formula is C42H52N2O2. The van der Waals surface area contributed by atoms with Crippen LogP contribution in [0.3, 0.4) is 0 Å². The predicted octanol–water partition coefficient (Wildman–Crippen LogP) is 7.95. The topological polar surface area (TPSA) is 40.6 Å². The molecule has 0 aromatic heterocycles. The number of allylic oxidation sites excluding steroid dienone is 2.